The Labute approximate surface area is 133 Å². The Morgan fingerprint density at radius 3 is 3.10 bits per heavy atom. The summed E-state index contributed by atoms with van der Waals surface area (Å²) in [5, 5.41) is 11.9. The molecule has 1 aromatic carbocycles. The van der Waals surface area contributed by atoms with Crippen LogP contribution in [-0.2, 0) is 9.53 Å². The Kier molecular flexibility index (Phi) is 5.59. The fourth-order valence-electron chi connectivity index (χ4n) is 2.27. The number of hydrogen-bond acceptors (Lipinski definition) is 4. The first-order valence-electron chi connectivity index (χ1n) is 6.99. The highest BCUT2D eigenvalue weighted by molar-refractivity contribution is 9.10. The van der Waals surface area contributed by atoms with E-state index >= 15 is 0 Å². The predicted molar refractivity (Wildman–Crippen MR) is 84.1 cm³/mol. The third-order valence-electron chi connectivity index (χ3n) is 3.39. The first kappa shape index (κ1) is 15.8. The number of benzene rings is 1. The number of nitrogens with zero attached hydrogens (tertiary/aromatic N) is 2. The van der Waals surface area contributed by atoms with Crippen molar-refractivity contribution in [3.05, 3.63) is 28.2 Å². The third-order valence-corrected chi connectivity index (χ3v) is 4.04. The van der Waals surface area contributed by atoms with E-state index in [1.807, 2.05) is 24.0 Å². The van der Waals surface area contributed by atoms with Gasteiger partial charge in [-0.25, -0.2) is 0 Å². The van der Waals surface area contributed by atoms with Crippen molar-refractivity contribution in [2.45, 2.75) is 19.4 Å². The van der Waals surface area contributed by atoms with Crippen LogP contribution in [0.4, 0.5) is 5.69 Å². The van der Waals surface area contributed by atoms with Crippen LogP contribution in [0.1, 0.15) is 18.9 Å². The first-order chi connectivity index (χ1) is 10.2. The molecule has 0 aromatic heterocycles. The van der Waals surface area contributed by atoms with Crippen LogP contribution in [0, 0.1) is 11.3 Å². The van der Waals surface area contributed by atoms with Gasteiger partial charge in [0.2, 0.25) is 5.91 Å². The molecule has 1 aliphatic heterocycles. The molecule has 1 amide bonds. The minimum Gasteiger partial charge on any atom is -0.377 e. The van der Waals surface area contributed by atoms with E-state index in [0.29, 0.717) is 31.9 Å². The molecule has 1 fully saturated rings. The van der Waals surface area contributed by atoms with Gasteiger partial charge in [0.05, 0.1) is 18.8 Å². The summed E-state index contributed by atoms with van der Waals surface area (Å²) in [5.74, 6) is -0.0166. The lowest BCUT2D eigenvalue weighted by Crippen LogP contribution is -2.54. The van der Waals surface area contributed by atoms with Gasteiger partial charge in [-0.2, -0.15) is 5.26 Å². The number of nitriles is 1. The molecule has 0 saturated carbocycles. The predicted octanol–water partition coefficient (Wildman–Crippen LogP) is 2.05. The van der Waals surface area contributed by atoms with Crippen molar-refractivity contribution in [2.24, 2.45) is 0 Å². The average Bonchev–Trinajstić information content (AvgIpc) is 2.52. The zero-order valence-electron chi connectivity index (χ0n) is 11.9. The van der Waals surface area contributed by atoms with E-state index in [-0.39, 0.29) is 11.9 Å². The van der Waals surface area contributed by atoms with Crippen LogP contribution >= 0.6 is 15.9 Å². The Morgan fingerprint density at radius 1 is 1.62 bits per heavy atom. The molecule has 6 heteroatoms. The summed E-state index contributed by atoms with van der Waals surface area (Å²) in [4.78, 5) is 14.3. The van der Waals surface area contributed by atoms with Crippen LogP contribution in [0.3, 0.4) is 0 Å². The second-order valence-corrected chi connectivity index (χ2v) is 5.71. The second kappa shape index (κ2) is 7.43. The summed E-state index contributed by atoms with van der Waals surface area (Å²) >= 11 is 3.39. The van der Waals surface area contributed by atoms with E-state index in [1.54, 1.807) is 6.07 Å². The molecule has 2 rings (SSSR count). The minimum atomic E-state index is -0.329. The highest BCUT2D eigenvalue weighted by atomic mass is 79.9. The maximum absolute atomic E-state index is 12.3. The molecule has 1 N–H and O–H groups in total. The number of ether oxygens (including phenoxy) is 1. The lowest BCUT2D eigenvalue weighted by Gasteiger charge is -2.36. The topological polar surface area (TPSA) is 65.4 Å². The van der Waals surface area contributed by atoms with Gasteiger partial charge in [0.15, 0.2) is 0 Å². The van der Waals surface area contributed by atoms with Crippen molar-refractivity contribution >= 4 is 27.5 Å². The highest BCUT2D eigenvalue weighted by Crippen LogP contribution is 2.26. The number of halogens is 1. The molecular formula is C15H18BrN3O2. The summed E-state index contributed by atoms with van der Waals surface area (Å²) in [6.45, 7) is 4.32. The molecule has 1 heterocycles. The summed E-state index contributed by atoms with van der Waals surface area (Å²) < 4.78 is 6.18. The van der Waals surface area contributed by atoms with E-state index in [1.165, 1.54) is 0 Å². The highest BCUT2D eigenvalue weighted by Gasteiger charge is 2.29. The number of hydrogen-bond donors (Lipinski definition) is 1. The fourth-order valence-corrected chi connectivity index (χ4v) is 2.72. The molecule has 1 unspecified atom stereocenters. The number of morpholine rings is 1. The molecule has 1 atom stereocenters. The summed E-state index contributed by atoms with van der Waals surface area (Å²) in [7, 11) is 0. The summed E-state index contributed by atoms with van der Waals surface area (Å²) in [6, 6.07) is 7.30. The van der Waals surface area contributed by atoms with Gasteiger partial charge in [-0.15, -0.1) is 0 Å². The minimum absolute atomic E-state index is 0.0166. The van der Waals surface area contributed by atoms with Gasteiger partial charge in [0.1, 0.15) is 12.1 Å². The van der Waals surface area contributed by atoms with Crippen LogP contribution in [0.2, 0.25) is 0 Å². The van der Waals surface area contributed by atoms with Crippen LogP contribution in [-0.4, -0.2) is 38.3 Å². The SMILES string of the molecule is CCCNC(=O)C1COCCN1c1ccc(C#N)c(Br)c1. The van der Waals surface area contributed by atoms with Crippen molar-refractivity contribution in [2.75, 3.05) is 31.2 Å². The molecule has 0 bridgehead atoms. The van der Waals surface area contributed by atoms with Crippen LogP contribution < -0.4 is 10.2 Å². The molecule has 21 heavy (non-hydrogen) atoms. The lowest BCUT2D eigenvalue weighted by atomic mass is 10.1. The maximum Gasteiger partial charge on any atom is 0.245 e. The van der Waals surface area contributed by atoms with Crippen molar-refractivity contribution in [1.82, 2.24) is 5.32 Å². The molecule has 1 saturated heterocycles. The molecule has 5 nitrogen and oxygen atoms in total. The van der Waals surface area contributed by atoms with Crippen LogP contribution in [0.5, 0.6) is 0 Å². The Morgan fingerprint density at radius 2 is 2.43 bits per heavy atom. The van der Waals surface area contributed by atoms with Gasteiger partial charge >= 0.3 is 0 Å². The molecular weight excluding hydrogens is 334 g/mol. The van der Waals surface area contributed by atoms with Gasteiger partial charge in [0, 0.05) is 23.2 Å². The number of rotatable bonds is 4. The molecule has 112 valence electrons. The smallest absolute Gasteiger partial charge is 0.245 e. The van der Waals surface area contributed by atoms with Crippen molar-refractivity contribution in [3.8, 4) is 6.07 Å². The maximum atomic E-state index is 12.3. The van der Waals surface area contributed by atoms with Crippen LogP contribution in [0.25, 0.3) is 0 Å². The number of anilines is 1. The van der Waals surface area contributed by atoms with Gasteiger partial charge in [-0.3, -0.25) is 4.79 Å². The van der Waals surface area contributed by atoms with E-state index in [9.17, 15) is 4.79 Å². The third kappa shape index (κ3) is 3.74. The largest absolute Gasteiger partial charge is 0.377 e. The molecule has 1 aromatic rings. The van der Waals surface area contributed by atoms with E-state index in [2.05, 4.69) is 27.3 Å². The zero-order chi connectivity index (χ0) is 15.2. The van der Waals surface area contributed by atoms with Gasteiger partial charge in [-0.05, 0) is 40.5 Å². The molecule has 1 aliphatic rings. The zero-order valence-corrected chi connectivity index (χ0v) is 13.5. The summed E-state index contributed by atoms with van der Waals surface area (Å²) in [6.07, 6.45) is 0.904. The standard InChI is InChI=1S/C15H18BrN3O2/c1-2-5-18-15(20)14-10-21-7-6-19(14)12-4-3-11(9-17)13(16)8-12/h3-4,8,14H,2,5-7,10H2,1H3,(H,18,20). The van der Waals surface area contributed by atoms with Crippen molar-refractivity contribution in [3.63, 3.8) is 0 Å². The van der Waals surface area contributed by atoms with Gasteiger partial charge < -0.3 is 15.0 Å². The number of nitrogens with one attached hydrogen (secondary N) is 1. The monoisotopic (exact) mass is 351 g/mol. The molecule has 0 radical (unpaired) electrons. The quantitative estimate of drug-likeness (QED) is 0.901. The van der Waals surface area contributed by atoms with E-state index in [4.69, 9.17) is 10.00 Å². The first-order valence-corrected chi connectivity index (χ1v) is 7.78. The molecule has 0 spiro atoms. The van der Waals surface area contributed by atoms with E-state index in [0.717, 1.165) is 16.6 Å². The second-order valence-electron chi connectivity index (χ2n) is 4.85. The summed E-state index contributed by atoms with van der Waals surface area (Å²) in [5.41, 5.74) is 1.50. The van der Waals surface area contributed by atoms with Gasteiger partial charge in [-0.1, -0.05) is 6.92 Å². The van der Waals surface area contributed by atoms with E-state index < -0.39 is 0 Å². The Balaban J connectivity index is 2.20. The van der Waals surface area contributed by atoms with Crippen molar-refractivity contribution in [1.29, 1.82) is 5.26 Å². The average molecular weight is 352 g/mol. The van der Waals surface area contributed by atoms with Crippen molar-refractivity contribution < 1.29 is 9.53 Å². The Bertz CT molecular complexity index is 556. The normalized spacial score (nSPS) is 18.1. The lowest BCUT2D eigenvalue weighted by molar-refractivity contribution is -0.124. The molecule has 0 aliphatic carbocycles. The number of amides is 1. The van der Waals surface area contributed by atoms with Crippen LogP contribution in [0.15, 0.2) is 22.7 Å². The fraction of sp³-hybridized carbons (Fsp3) is 0.467. The van der Waals surface area contributed by atoms with Gasteiger partial charge in [0.25, 0.3) is 0 Å². The number of carbonyl (C=O) groups is 1. The number of carbonyl (C=O) groups excluding carboxylic acids is 1. The Hall–Kier alpha value is -1.58.